The van der Waals surface area contributed by atoms with E-state index in [-0.39, 0.29) is 0 Å². The minimum atomic E-state index is 0.618. The summed E-state index contributed by atoms with van der Waals surface area (Å²) in [5, 5.41) is 12.7. The highest BCUT2D eigenvalue weighted by Crippen LogP contribution is 2.24. The predicted molar refractivity (Wildman–Crippen MR) is 66.0 cm³/mol. The summed E-state index contributed by atoms with van der Waals surface area (Å²) in [6, 6.07) is 8.26. The molecule has 3 nitrogen and oxygen atoms in total. The fourth-order valence-electron chi connectivity index (χ4n) is 1.45. The van der Waals surface area contributed by atoms with Crippen molar-refractivity contribution in [3.63, 3.8) is 0 Å². The van der Waals surface area contributed by atoms with Crippen molar-refractivity contribution >= 4 is 22.2 Å². The Morgan fingerprint density at radius 1 is 1.38 bits per heavy atom. The molecule has 0 saturated carbocycles. The largest absolute Gasteiger partial charge is 0.331 e. The van der Waals surface area contributed by atoms with Crippen molar-refractivity contribution in [1.82, 2.24) is 4.98 Å². The number of aryl methyl sites for hydroxylation is 2. The normalized spacial score (nSPS) is 9.81. The van der Waals surface area contributed by atoms with Crippen molar-refractivity contribution in [2.24, 2.45) is 0 Å². The van der Waals surface area contributed by atoms with Crippen LogP contribution in [0.3, 0.4) is 0 Å². The van der Waals surface area contributed by atoms with Gasteiger partial charge in [0.05, 0.1) is 6.20 Å². The van der Waals surface area contributed by atoms with Gasteiger partial charge in [0, 0.05) is 5.69 Å². The molecule has 0 atom stereocenters. The van der Waals surface area contributed by atoms with Crippen LogP contribution in [0.2, 0.25) is 0 Å². The van der Waals surface area contributed by atoms with E-state index in [0.29, 0.717) is 4.88 Å². The van der Waals surface area contributed by atoms with Crippen molar-refractivity contribution in [3.8, 4) is 6.07 Å². The molecule has 0 aliphatic rings. The lowest BCUT2D eigenvalue weighted by molar-refractivity contribution is 1.34. The highest BCUT2D eigenvalue weighted by molar-refractivity contribution is 7.16. The Kier molecular flexibility index (Phi) is 2.88. The fraction of sp³-hybridized carbons (Fsp3) is 0.167. The molecular formula is C12H11N3S. The van der Waals surface area contributed by atoms with Crippen LogP contribution in [0.1, 0.15) is 16.0 Å². The van der Waals surface area contributed by atoms with Gasteiger partial charge in [0.2, 0.25) is 0 Å². The van der Waals surface area contributed by atoms with E-state index in [9.17, 15) is 0 Å². The number of nitriles is 1. The first kappa shape index (κ1) is 10.7. The van der Waals surface area contributed by atoms with E-state index in [1.807, 2.05) is 19.1 Å². The lowest BCUT2D eigenvalue weighted by Crippen LogP contribution is -1.92. The number of anilines is 2. The Labute approximate surface area is 98.4 Å². The monoisotopic (exact) mass is 229 g/mol. The highest BCUT2D eigenvalue weighted by Gasteiger charge is 2.03. The molecule has 80 valence electrons. The van der Waals surface area contributed by atoms with E-state index in [1.54, 1.807) is 6.20 Å². The van der Waals surface area contributed by atoms with E-state index in [4.69, 9.17) is 5.26 Å². The van der Waals surface area contributed by atoms with Crippen LogP contribution in [0.5, 0.6) is 0 Å². The summed E-state index contributed by atoms with van der Waals surface area (Å²) in [5.74, 6) is 0. The number of benzene rings is 1. The molecule has 0 fully saturated rings. The summed E-state index contributed by atoms with van der Waals surface area (Å²) in [5.41, 5.74) is 3.44. The van der Waals surface area contributed by atoms with Crippen LogP contribution in [0.25, 0.3) is 0 Å². The molecule has 1 heterocycles. The van der Waals surface area contributed by atoms with Crippen molar-refractivity contribution in [2.75, 3.05) is 5.32 Å². The minimum absolute atomic E-state index is 0.618. The topological polar surface area (TPSA) is 48.7 Å². The van der Waals surface area contributed by atoms with Crippen LogP contribution in [0.4, 0.5) is 10.8 Å². The van der Waals surface area contributed by atoms with Crippen molar-refractivity contribution in [2.45, 2.75) is 13.8 Å². The molecule has 0 radical (unpaired) electrons. The minimum Gasteiger partial charge on any atom is -0.331 e. The molecule has 1 aromatic heterocycles. The lowest BCUT2D eigenvalue weighted by Gasteiger charge is -2.06. The van der Waals surface area contributed by atoms with Gasteiger partial charge in [-0.2, -0.15) is 5.26 Å². The predicted octanol–water partition coefficient (Wildman–Crippen LogP) is 3.38. The second-order valence-corrected chi connectivity index (χ2v) is 4.62. The Morgan fingerprint density at radius 3 is 2.81 bits per heavy atom. The Balaban J connectivity index is 2.24. The summed E-state index contributed by atoms with van der Waals surface area (Å²) in [6.07, 6.45) is 1.58. The molecule has 1 aromatic carbocycles. The van der Waals surface area contributed by atoms with Gasteiger partial charge in [0.25, 0.3) is 0 Å². The molecule has 0 saturated heterocycles. The van der Waals surface area contributed by atoms with E-state index < -0.39 is 0 Å². The maximum atomic E-state index is 8.70. The molecule has 0 unspecified atom stereocenters. The smallest absolute Gasteiger partial charge is 0.188 e. The van der Waals surface area contributed by atoms with Gasteiger partial charge in [0.15, 0.2) is 5.13 Å². The third-order valence-electron chi connectivity index (χ3n) is 2.24. The number of nitrogens with one attached hydrogen (secondary N) is 1. The van der Waals surface area contributed by atoms with Crippen LogP contribution in [-0.4, -0.2) is 4.98 Å². The summed E-state index contributed by atoms with van der Waals surface area (Å²) >= 11 is 1.36. The highest BCUT2D eigenvalue weighted by atomic mass is 32.1. The first-order valence-corrected chi connectivity index (χ1v) is 5.71. The molecule has 4 heteroatoms. The molecule has 0 spiro atoms. The molecule has 2 rings (SSSR count). The first-order valence-electron chi connectivity index (χ1n) is 4.89. The third-order valence-corrected chi connectivity index (χ3v) is 3.06. The first-order chi connectivity index (χ1) is 7.69. The number of hydrogen-bond acceptors (Lipinski definition) is 4. The Morgan fingerprint density at radius 2 is 2.19 bits per heavy atom. The van der Waals surface area contributed by atoms with Gasteiger partial charge in [0.1, 0.15) is 10.9 Å². The maximum absolute atomic E-state index is 8.70. The summed E-state index contributed by atoms with van der Waals surface area (Å²) in [6.45, 7) is 4.11. The number of nitrogens with zero attached hydrogens (tertiary/aromatic N) is 2. The zero-order chi connectivity index (χ0) is 11.5. The van der Waals surface area contributed by atoms with E-state index >= 15 is 0 Å². The van der Waals surface area contributed by atoms with E-state index in [1.165, 1.54) is 22.5 Å². The lowest BCUT2D eigenvalue weighted by atomic mass is 10.1. The van der Waals surface area contributed by atoms with Gasteiger partial charge in [-0.15, -0.1) is 0 Å². The van der Waals surface area contributed by atoms with Crippen molar-refractivity contribution in [1.29, 1.82) is 5.26 Å². The fourth-order valence-corrected chi connectivity index (χ4v) is 2.08. The standard InChI is InChI=1S/C12H11N3S/c1-8-3-4-11(9(2)5-8)15-12-14-7-10(6-13)16-12/h3-5,7H,1-2H3,(H,14,15). The van der Waals surface area contributed by atoms with Gasteiger partial charge in [-0.3, -0.25) is 0 Å². The zero-order valence-corrected chi connectivity index (χ0v) is 9.93. The quantitative estimate of drug-likeness (QED) is 0.858. The number of rotatable bonds is 2. The van der Waals surface area contributed by atoms with Gasteiger partial charge in [-0.1, -0.05) is 29.0 Å². The molecule has 0 bridgehead atoms. The van der Waals surface area contributed by atoms with Crippen LogP contribution in [0.15, 0.2) is 24.4 Å². The zero-order valence-electron chi connectivity index (χ0n) is 9.11. The van der Waals surface area contributed by atoms with Gasteiger partial charge in [-0.05, 0) is 25.5 Å². The van der Waals surface area contributed by atoms with Crippen LogP contribution in [0, 0.1) is 25.2 Å². The molecule has 1 N–H and O–H groups in total. The molecule has 0 amide bonds. The summed E-state index contributed by atoms with van der Waals surface area (Å²) in [4.78, 5) is 4.75. The number of aromatic nitrogens is 1. The van der Waals surface area contributed by atoms with E-state index in [0.717, 1.165) is 10.8 Å². The van der Waals surface area contributed by atoms with Crippen LogP contribution in [-0.2, 0) is 0 Å². The van der Waals surface area contributed by atoms with Gasteiger partial charge in [-0.25, -0.2) is 4.98 Å². The number of thiazole rings is 1. The summed E-state index contributed by atoms with van der Waals surface area (Å²) in [7, 11) is 0. The Bertz CT molecular complexity index is 552. The maximum Gasteiger partial charge on any atom is 0.188 e. The molecule has 0 aliphatic heterocycles. The third kappa shape index (κ3) is 2.20. The van der Waals surface area contributed by atoms with Gasteiger partial charge < -0.3 is 5.32 Å². The average Bonchev–Trinajstić information content (AvgIpc) is 2.70. The molecule has 2 aromatic rings. The number of hydrogen-bond donors (Lipinski definition) is 1. The van der Waals surface area contributed by atoms with E-state index in [2.05, 4.69) is 29.4 Å². The summed E-state index contributed by atoms with van der Waals surface area (Å²) < 4.78 is 0. The van der Waals surface area contributed by atoms with Crippen molar-refractivity contribution in [3.05, 3.63) is 40.4 Å². The molecule has 16 heavy (non-hydrogen) atoms. The van der Waals surface area contributed by atoms with Crippen molar-refractivity contribution < 1.29 is 0 Å². The van der Waals surface area contributed by atoms with Crippen LogP contribution >= 0.6 is 11.3 Å². The van der Waals surface area contributed by atoms with Crippen LogP contribution < -0.4 is 5.32 Å². The second-order valence-electron chi connectivity index (χ2n) is 3.58. The SMILES string of the molecule is Cc1ccc(Nc2ncc(C#N)s2)c(C)c1. The molecule has 0 aliphatic carbocycles. The molecular weight excluding hydrogens is 218 g/mol. The second kappa shape index (κ2) is 4.33. The Hall–Kier alpha value is -1.86. The van der Waals surface area contributed by atoms with Gasteiger partial charge >= 0.3 is 0 Å². The average molecular weight is 229 g/mol.